The van der Waals surface area contributed by atoms with Crippen molar-refractivity contribution in [1.29, 1.82) is 0 Å². The summed E-state index contributed by atoms with van der Waals surface area (Å²) >= 11 is 0. The molecule has 1 saturated carbocycles. The molecule has 2 aromatic rings. The molecule has 0 aliphatic heterocycles. The maximum atomic E-state index is 12.8. The van der Waals surface area contributed by atoms with Crippen molar-refractivity contribution in [3.05, 3.63) is 71.8 Å². The lowest BCUT2D eigenvalue weighted by Gasteiger charge is -2.35. The number of Topliss-reactive ketones (excluding diaryl/α,β-unsaturated/α-hetero) is 3. The molecule has 1 aliphatic rings. The monoisotopic (exact) mass is 348 g/mol. The SMILES string of the molecule is CC1(C)CC(=O)C([C@H](CC(=O)c2ccccc2)c2ccccc2)C(=O)C1. The van der Waals surface area contributed by atoms with Crippen LogP contribution in [0.2, 0.25) is 0 Å². The molecule has 0 bridgehead atoms. The number of hydrogen-bond donors (Lipinski definition) is 0. The average molecular weight is 348 g/mol. The van der Waals surface area contributed by atoms with Crippen LogP contribution in [-0.4, -0.2) is 17.3 Å². The van der Waals surface area contributed by atoms with Gasteiger partial charge in [-0.2, -0.15) is 0 Å². The van der Waals surface area contributed by atoms with Gasteiger partial charge < -0.3 is 0 Å². The smallest absolute Gasteiger partial charge is 0.163 e. The third-order valence-electron chi connectivity index (χ3n) is 5.13. The Morgan fingerprint density at radius 1 is 0.923 bits per heavy atom. The highest BCUT2D eigenvalue weighted by Crippen LogP contribution is 2.41. The highest BCUT2D eigenvalue weighted by molar-refractivity contribution is 6.07. The zero-order valence-electron chi connectivity index (χ0n) is 15.3. The van der Waals surface area contributed by atoms with Gasteiger partial charge in [0.25, 0.3) is 0 Å². The molecule has 1 fully saturated rings. The van der Waals surface area contributed by atoms with Crippen molar-refractivity contribution in [2.45, 2.75) is 39.0 Å². The highest BCUT2D eigenvalue weighted by atomic mass is 16.2. The van der Waals surface area contributed by atoms with E-state index in [-0.39, 0.29) is 29.2 Å². The van der Waals surface area contributed by atoms with E-state index >= 15 is 0 Å². The molecule has 3 nitrogen and oxygen atoms in total. The summed E-state index contributed by atoms with van der Waals surface area (Å²) in [5.74, 6) is -1.25. The van der Waals surface area contributed by atoms with Crippen molar-refractivity contribution in [1.82, 2.24) is 0 Å². The van der Waals surface area contributed by atoms with Crippen LogP contribution in [0.5, 0.6) is 0 Å². The van der Waals surface area contributed by atoms with Crippen LogP contribution >= 0.6 is 0 Å². The molecule has 0 spiro atoms. The molecule has 3 rings (SSSR count). The Bertz CT molecular complexity index is 786. The Labute approximate surface area is 154 Å². The summed E-state index contributed by atoms with van der Waals surface area (Å²) in [4.78, 5) is 38.4. The van der Waals surface area contributed by atoms with Gasteiger partial charge in [-0.1, -0.05) is 74.5 Å². The Kier molecular flexibility index (Phi) is 5.17. The minimum atomic E-state index is -0.724. The van der Waals surface area contributed by atoms with Crippen LogP contribution in [0.4, 0.5) is 0 Å². The first-order valence-corrected chi connectivity index (χ1v) is 9.06. The molecule has 1 aliphatic carbocycles. The predicted molar refractivity (Wildman–Crippen MR) is 101 cm³/mol. The van der Waals surface area contributed by atoms with E-state index in [2.05, 4.69) is 0 Å². The van der Waals surface area contributed by atoms with Crippen molar-refractivity contribution in [2.24, 2.45) is 11.3 Å². The molecular formula is C23H24O3. The van der Waals surface area contributed by atoms with Crippen molar-refractivity contribution >= 4 is 17.3 Å². The lowest BCUT2D eigenvalue weighted by molar-refractivity contribution is -0.140. The minimum Gasteiger partial charge on any atom is -0.299 e. The van der Waals surface area contributed by atoms with Gasteiger partial charge in [0, 0.05) is 30.7 Å². The summed E-state index contributed by atoms with van der Waals surface area (Å²) in [6.45, 7) is 3.90. The topological polar surface area (TPSA) is 51.2 Å². The van der Waals surface area contributed by atoms with E-state index in [4.69, 9.17) is 0 Å². The van der Waals surface area contributed by atoms with E-state index in [1.165, 1.54) is 0 Å². The van der Waals surface area contributed by atoms with Crippen LogP contribution in [0.15, 0.2) is 60.7 Å². The molecule has 0 aromatic heterocycles. The molecule has 134 valence electrons. The minimum absolute atomic E-state index is 0.0371. The van der Waals surface area contributed by atoms with Gasteiger partial charge in [-0.3, -0.25) is 14.4 Å². The van der Waals surface area contributed by atoms with Gasteiger partial charge in [-0.15, -0.1) is 0 Å². The van der Waals surface area contributed by atoms with Crippen molar-refractivity contribution in [3.63, 3.8) is 0 Å². The highest BCUT2D eigenvalue weighted by Gasteiger charge is 2.44. The first-order valence-electron chi connectivity index (χ1n) is 9.06. The summed E-state index contributed by atoms with van der Waals surface area (Å²) in [5, 5.41) is 0. The summed E-state index contributed by atoms with van der Waals surface area (Å²) in [6.07, 6.45) is 0.926. The third kappa shape index (κ3) is 3.98. The summed E-state index contributed by atoms with van der Waals surface area (Å²) in [7, 11) is 0. The molecule has 0 N–H and O–H groups in total. The van der Waals surface area contributed by atoms with Crippen LogP contribution in [0, 0.1) is 11.3 Å². The summed E-state index contributed by atoms with van der Waals surface area (Å²) in [6, 6.07) is 18.5. The van der Waals surface area contributed by atoms with Gasteiger partial charge >= 0.3 is 0 Å². The second kappa shape index (κ2) is 7.36. The van der Waals surface area contributed by atoms with Crippen LogP contribution in [0.1, 0.15) is 54.9 Å². The lowest BCUT2D eigenvalue weighted by Crippen LogP contribution is -2.41. The van der Waals surface area contributed by atoms with Gasteiger partial charge in [0.2, 0.25) is 0 Å². The van der Waals surface area contributed by atoms with Crippen molar-refractivity contribution in [3.8, 4) is 0 Å². The van der Waals surface area contributed by atoms with Crippen LogP contribution in [-0.2, 0) is 9.59 Å². The fourth-order valence-corrected chi connectivity index (χ4v) is 3.92. The number of carbonyl (C=O) groups is 3. The second-order valence-electron chi connectivity index (χ2n) is 7.94. The van der Waals surface area contributed by atoms with Crippen molar-refractivity contribution < 1.29 is 14.4 Å². The zero-order valence-corrected chi connectivity index (χ0v) is 15.3. The largest absolute Gasteiger partial charge is 0.299 e. The number of rotatable bonds is 5. The van der Waals surface area contributed by atoms with Crippen LogP contribution in [0.3, 0.4) is 0 Å². The molecule has 0 saturated heterocycles. The first-order chi connectivity index (χ1) is 12.4. The van der Waals surface area contributed by atoms with Gasteiger partial charge in [0.05, 0.1) is 5.92 Å². The molecule has 2 aromatic carbocycles. The molecule has 0 heterocycles. The Morgan fingerprint density at radius 2 is 1.42 bits per heavy atom. The van der Waals surface area contributed by atoms with E-state index in [1.54, 1.807) is 12.1 Å². The van der Waals surface area contributed by atoms with Gasteiger partial charge in [0.1, 0.15) is 11.6 Å². The fourth-order valence-electron chi connectivity index (χ4n) is 3.92. The van der Waals surface area contributed by atoms with Gasteiger partial charge in [-0.05, 0) is 11.0 Å². The lowest BCUT2D eigenvalue weighted by atomic mass is 9.65. The second-order valence-corrected chi connectivity index (χ2v) is 7.94. The first kappa shape index (κ1) is 18.2. The number of hydrogen-bond acceptors (Lipinski definition) is 3. The van der Waals surface area contributed by atoms with Crippen molar-refractivity contribution in [2.75, 3.05) is 0 Å². The molecule has 0 unspecified atom stereocenters. The van der Waals surface area contributed by atoms with Crippen LogP contribution < -0.4 is 0 Å². The maximum absolute atomic E-state index is 12.8. The third-order valence-corrected chi connectivity index (χ3v) is 5.13. The maximum Gasteiger partial charge on any atom is 0.163 e. The van der Waals surface area contributed by atoms with E-state index in [0.717, 1.165) is 5.56 Å². The Balaban J connectivity index is 1.93. The molecule has 1 atom stereocenters. The molecule has 26 heavy (non-hydrogen) atoms. The number of benzene rings is 2. The van der Waals surface area contributed by atoms with Gasteiger partial charge in [0.15, 0.2) is 5.78 Å². The average Bonchev–Trinajstić information content (AvgIpc) is 2.60. The van der Waals surface area contributed by atoms with Gasteiger partial charge in [-0.25, -0.2) is 0 Å². The molecule has 0 amide bonds. The van der Waals surface area contributed by atoms with E-state index < -0.39 is 11.8 Å². The molecule has 0 radical (unpaired) electrons. The Morgan fingerprint density at radius 3 is 1.96 bits per heavy atom. The van der Waals surface area contributed by atoms with E-state index in [1.807, 2.05) is 62.4 Å². The standard InChI is InChI=1S/C23H24O3/c1-23(2)14-20(25)22(21(26)15-23)18(16-9-5-3-6-10-16)13-19(24)17-11-7-4-8-12-17/h3-12,18,22H,13-15H2,1-2H3/t18-/m1/s1. The quantitative estimate of drug-likeness (QED) is 0.585. The fraction of sp³-hybridized carbons (Fsp3) is 0.348. The molecule has 3 heteroatoms. The number of ketones is 3. The summed E-state index contributed by atoms with van der Waals surface area (Å²) < 4.78 is 0. The zero-order chi connectivity index (χ0) is 18.7. The van der Waals surface area contributed by atoms with E-state index in [0.29, 0.717) is 18.4 Å². The van der Waals surface area contributed by atoms with E-state index in [9.17, 15) is 14.4 Å². The predicted octanol–water partition coefficient (Wildman–Crippen LogP) is 4.62. The Hall–Kier alpha value is -2.55. The number of carbonyl (C=O) groups excluding carboxylic acids is 3. The van der Waals surface area contributed by atoms with Crippen LogP contribution in [0.25, 0.3) is 0 Å². The normalized spacial score (nSPS) is 18.5. The summed E-state index contributed by atoms with van der Waals surface area (Å²) in [5.41, 5.74) is 1.20. The molecular weight excluding hydrogens is 324 g/mol.